The van der Waals surface area contributed by atoms with Gasteiger partial charge in [0.1, 0.15) is 0 Å². The summed E-state index contributed by atoms with van der Waals surface area (Å²) < 4.78 is 54.6. The van der Waals surface area contributed by atoms with Crippen LogP contribution in [0, 0.1) is 6.92 Å². The molecule has 0 aromatic heterocycles. The van der Waals surface area contributed by atoms with Crippen molar-refractivity contribution in [1.29, 1.82) is 0 Å². The fraction of sp³-hybridized carbons (Fsp3) is 0.208. The minimum Gasteiger partial charge on any atom is -0.284 e. The highest BCUT2D eigenvalue weighted by Crippen LogP contribution is 2.37. The number of nitrogens with zero attached hydrogens (tertiary/aromatic N) is 2. The smallest absolute Gasteiger partial charge is 0.279 e. The van der Waals surface area contributed by atoms with Gasteiger partial charge in [0.25, 0.3) is 10.0 Å². The Morgan fingerprint density at radius 2 is 1.64 bits per heavy atom. The lowest BCUT2D eigenvalue weighted by atomic mass is 9.98. The summed E-state index contributed by atoms with van der Waals surface area (Å²) in [6, 6.07) is 22.3. The molecule has 3 aromatic rings. The maximum atomic E-state index is 13.5. The van der Waals surface area contributed by atoms with Crippen molar-refractivity contribution in [3.63, 3.8) is 0 Å². The second kappa shape index (κ2) is 8.99. The second-order valence-electron chi connectivity index (χ2n) is 7.85. The quantitative estimate of drug-likeness (QED) is 0.542. The van der Waals surface area contributed by atoms with E-state index in [9.17, 15) is 16.8 Å². The van der Waals surface area contributed by atoms with Crippen LogP contribution in [0.3, 0.4) is 0 Å². The van der Waals surface area contributed by atoms with E-state index in [0.717, 1.165) is 11.1 Å². The van der Waals surface area contributed by atoms with Crippen LogP contribution >= 0.6 is 0 Å². The zero-order valence-corrected chi connectivity index (χ0v) is 20.0. The Morgan fingerprint density at radius 1 is 0.939 bits per heavy atom. The summed E-state index contributed by atoms with van der Waals surface area (Å²) in [6.45, 7) is 3.54. The van der Waals surface area contributed by atoms with E-state index < -0.39 is 26.1 Å². The molecule has 1 N–H and O–H groups in total. The second-order valence-corrected chi connectivity index (χ2v) is 11.7. The van der Waals surface area contributed by atoms with E-state index >= 15 is 0 Å². The van der Waals surface area contributed by atoms with E-state index in [1.807, 2.05) is 31.2 Å². The summed E-state index contributed by atoms with van der Waals surface area (Å²) in [5.74, 6) is -0.0449. The average molecular weight is 484 g/mol. The third kappa shape index (κ3) is 4.94. The number of hydrogen-bond donors (Lipinski definition) is 1. The van der Waals surface area contributed by atoms with Gasteiger partial charge in [0, 0.05) is 12.1 Å². The van der Waals surface area contributed by atoms with Crippen molar-refractivity contribution in [2.75, 3.05) is 10.5 Å². The minimum absolute atomic E-state index is 0.0449. The normalized spacial score (nSPS) is 16.5. The summed E-state index contributed by atoms with van der Waals surface area (Å²) in [6.07, 6.45) is 0.360. The van der Waals surface area contributed by atoms with Crippen molar-refractivity contribution < 1.29 is 16.8 Å². The lowest BCUT2D eigenvalue weighted by Gasteiger charge is -2.23. The van der Waals surface area contributed by atoms with Gasteiger partial charge in [-0.3, -0.25) is 4.72 Å². The molecule has 0 saturated carbocycles. The van der Waals surface area contributed by atoms with Crippen molar-refractivity contribution in [1.82, 2.24) is 4.41 Å². The van der Waals surface area contributed by atoms with Crippen LogP contribution < -0.4 is 4.72 Å². The highest BCUT2D eigenvalue weighted by Gasteiger charge is 2.37. The standard InChI is InChI=1S/C24H25N3O4S2/c1-3-32(28,29)26-21-9-7-8-20(16-21)23-17-24(19-14-12-18(2)13-15-19)27(25-23)33(30,31)22-10-5-4-6-11-22/h4-16,24,26H,3,17H2,1-2H3. The van der Waals surface area contributed by atoms with E-state index in [1.165, 1.54) is 4.41 Å². The van der Waals surface area contributed by atoms with Gasteiger partial charge < -0.3 is 0 Å². The molecule has 3 aromatic carbocycles. The fourth-order valence-electron chi connectivity index (χ4n) is 3.64. The Balaban J connectivity index is 1.76. The Hall–Kier alpha value is -3.17. The monoisotopic (exact) mass is 483 g/mol. The summed E-state index contributed by atoms with van der Waals surface area (Å²) >= 11 is 0. The maximum absolute atomic E-state index is 13.5. The van der Waals surface area contributed by atoms with Crippen molar-refractivity contribution >= 4 is 31.4 Å². The molecule has 9 heteroatoms. The molecular weight excluding hydrogens is 458 g/mol. The molecule has 172 valence electrons. The highest BCUT2D eigenvalue weighted by atomic mass is 32.2. The molecule has 0 aliphatic carbocycles. The molecule has 0 fully saturated rings. The minimum atomic E-state index is -3.90. The van der Waals surface area contributed by atoms with Gasteiger partial charge >= 0.3 is 0 Å². The zero-order chi connectivity index (χ0) is 23.6. The molecule has 1 unspecified atom stereocenters. The molecule has 7 nitrogen and oxygen atoms in total. The first-order valence-corrected chi connectivity index (χ1v) is 13.6. The van der Waals surface area contributed by atoms with E-state index in [0.29, 0.717) is 23.4 Å². The van der Waals surface area contributed by atoms with Crippen molar-refractivity contribution in [2.24, 2.45) is 5.10 Å². The molecule has 1 atom stereocenters. The lowest BCUT2D eigenvalue weighted by molar-refractivity contribution is 0.371. The van der Waals surface area contributed by atoms with E-state index in [2.05, 4.69) is 9.82 Å². The third-order valence-electron chi connectivity index (χ3n) is 5.47. The molecule has 1 aliphatic heterocycles. The van der Waals surface area contributed by atoms with Gasteiger partial charge in [0.2, 0.25) is 10.0 Å². The topological polar surface area (TPSA) is 95.9 Å². The first kappa shape index (κ1) is 23.0. The van der Waals surface area contributed by atoms with Crippen LogP contribution in [-0.4, -0.2) is 32.7 Å². The van der Waals surface area contributed by atoms with Gasteiger partial charge in [-0.15, -0.1) is 0 Å². The molecule has 4 rings (SSSR count). The van der Waals surface area contributed by atoms with E-state index in [1.54, 1.807) is 61.5 Å². The van der Waals surface area contributed by atoms with Crippen LogP contribution in [0.25, 0.3) is 0 Å². The molecule has 0 saturated heterocycles. The fourth-order valence-corrected chi connectivity index (χ4v) is 5.72. The Morgan fingerprint density at radius 3 is 2.30 bits per heavy atom. The van der Waals surface area contributed by atoms with Gasteiger partial charge in [-0.2, -0.15) is 17.9 Å². The SMILES string of the molecule is CCS(=O)(=O)Nc1cccc(C2=NN(S(=O)(=O)c3ccccc3)C(c3ccc(C)cc3)C2)c1. The molecule has 0 bridgehead atoms. The number of sulfonamides is 2. The number of benzene rings is 3. The number of hydrazone groups is 1. The van der Waals surface area contributed by atoms with Crippen LogP contribution in [0.5, 0.6) is 0 Å². The number of hydrogen-bond acceptors (Lipinski definition) is 5. The first-order chi connectivity index (χ1) is 15.7. The summed E-state index contributed by atoms with van der Waals surface area (Å²) in [5, 5.41) is 4.53. The van der Waals surface area contributed by atoms with Gasteiger partial charge in [0.15, 0.2) is 0 Å². The molecule has 0 amide bonds. The first-order valence-electron chi connectivity index (χ1n) is 10.5. The molecule has 1 aliphatic rings. The molecule has 0 radical (unpaired) electrons. The largest absolute Gasteiger partial charge is 0.284 e. The summed E-state index contributed by atoms with van der Waals surface area (Å²) in [4.78, 5) is 0.163. The lowest BCUT2D eigenvalue weighted by Crippen LogP contribution is -2.27. The Bertz CT molecular complexity index is 1390. The number of rotatable bonds is 7. The van der Waals surface area contributed by atoms with Gasteiger partial charge in [-0.1, -0.05) is 60.2 Å². The van der Waals surface area contributed by atoms with Crippen molar-refractivity contribution in [2.45, 2.75) is 31.2 Å². The predicted molar refractivity (Wildman–Crippen MR) is 130 cm³/mol. The van der Waals surface area contributed by atoms with E-state index in [-0.39, 0.29) is 10.6 Å². The zero-order valence-electron chi connectivity index (χ0n) is 18.3. The maximum Gasteiger partial charge on any atom is 0.279 e. The van der Waals surface area contributed by atoms with E-state index in [4.69, 9.17) is 0 Å². The third-order valence-corrected chi connectivity index (χ3v) is 8.47. The number of aryl methyl sites for hydroxylation is 1. The number of nitrogens with one attached hydrogen (secondary N) is 1. The van der Waals surface area contributed by atoms with Crippen LogP contribution in [-0.2, 0) is 20.0 Å². The van der Waals surface area contributed by atoms with Crippen molar-refractivity contribution in [3.05, 3.63) is 95.6 Å². The van der Waals surface area contributed by atoms with Gasteiger partial charge in [-0.25, -0.2) is 8.42 Å². The van der Waals surface area contributed by atoms with Crippen LogP contribution in [0.1, 0.15) is 36.1 Å². The van der Waals surface area contributed by atoms with Crippen LogP contribution in [0.2, 0.25) is 0 Å². The molecular formula is C24H25N3O4S2. The van der Waals surface area contributed by atoms with Gasteiger partial charge in [-0.05, 0) is 49.2 Å². The molecule has 33 heavy (non-hydrogen) atoms. The Labute approximate surface area is 194 Å². The number of anilines is 1. The average Bonchev–Trinajstić information content (AvgIpc) is 3.27. The Kier molecular flexibility index (Phi) is 6.27. The summed E-state index contributed by atoms with van der Waals surface area (Å²) in [7, 11) is -7.33. The van der Waals surface area contributed by atoms with Crippen LogP contribution in [0.4, 0.5) is 5.69 Å². The van der Waals surface area contributed by atoms with Gasteiger partial charge in [0.05, 0.1) is 22.4 Å². The summed E-state index contributed by atoms with van der Waals surface area (Å²) in [5.41, 5.74) is 3.55. The van der Waals surface area contributed by atoms with Crippen molar-refractivity contribution in [3.8, 4) is 0 Å². The highest BCUT2D eigenvalue weighted by molar-refractivity contribution is 7.92. The molecule has 0 spiro atoms. The van der Waals surface area contributed by atoms with Crippen LogP contribution in [0.15, 0.2) is 88.9 Å². The predicted octanol–water partition coefficient (Wildman–Crippen LogP) is 4.30. The molecule has 1 heterocycles.